The lowest BCUT2D eigenvalue weighted by Crippen LogP contribution is -2.07. The average Bonchev–Trinajstić information content (AvgIpc) is 2.63. The highest BCUT2D eigenvalue weighted by molar-refractivity contribution is 7.99. The van der Waals surface area contributed by atoms with E-state index in [-0.39, 0.29) is 5.44 Å². The van der Waals surface area contributed by atoms with E-state index >= 15 is 0 Å². The van der Waals surface area contributed by atoms with Crippen LogP contribution in [0.1, 0.15) is 94.8 Å². The zero-order chi connectivity index (χ0) is 19.0. The van der Waals surface area contributed by atoms with Crippen LogP contribution in [0.25, 0.3) is 0 Å². The number of unbranched alkanes of at least 4 members (excludes halogenated alkanes) is 10. The van der Waals surface area contributed by atoms with Crippen molar-refractivity contribution in [1.82, 2.24) is 0 Å². The molecular weight excluding hydrogens is 344 g/mol. The number of carboxylic acid groups (broad SMARTS) is 1. The fourth-order valence-electron chi connectivity index (χ4n) is 2.97. The Morgan fingerprint density at radius 2 is 1.50 bits per heavy atom. The van der Waals surface area contributed by atoms with Gasteiger partial charge in [-0.25, -0.2) is 4.79 Å². The lowest BCUT2D eigenvalue weighted by Gasteiger charge is -2.14. The molecule has 0 heterocycles. The van der Waals surface area contributed by atoms with Crippen molar-refractivity contribution in [2.75, 3.05) is 6.61 Å². The topological polar surface area (TPSA) is 46.5 Å². The van der Waals surface area contributed by atoms with Gasteiger partial charge >= 0.3 is 5.97 Å². The molecule has 1 rings (SSSR count). The maximum Gasteiger partial charge on any atom is 0.336 e. The van der Waals surface area contributed by atoms with Crippen molar-refractivity contribution in [1.29, 1.82) is 0 Å². The van der Waals surface area contributed by atoms with Gasteiger partial charge in [-0.15, -0.1) is 0 Å². The fourth-order valence-corrected chi connectivity index (χ4v) is 3.94. The van der Waals surface area contributed by atoms with E-state index in [1.54, 1.807) is 12.1 Å². The Morgan fingerprint density at radius 1 is 0.962 bits per heavy atom. The molecule has 1 atom stereocenters. The summed E-state index contributed by atoms with van der Waals surface area (Å²) in [5, 5.41) is 9.21. The Morgan fingerprint density at radius 3 is 2.08 bits per heavy atom. The summed E-state index contributed by atoms with van der Waals surface area (Å²) in [6.07, 6.45) is 14.6. The zero-order valence-electron chi connectivity index (χ0n) is 16.5. The van der Waals surface area contributed by atoms with Crippen molar-refractivity contribution in [2.24, 2.45) is 0 Å². The van der Waals surface area contributed by atoms with Crippen LogP contribution in [-0.4, -0.2) is 23.1 Å². The van der Waals surface area contributed by atoms with E-state index in [1.165, 1.54) is 76.0 Å². The second-order valence-corrected chi connectivity index (χ2v) is 8.23. The van der Waals surface area contributed by atoms with Crippen LogP contribution in [0.4, 0.5) is 0 Å². The van der Waals surface area contributed by atoms with Crippen LogP contribution >= 0.6 is 11.8 Å². The Hall–Kier alpha value is -1.00. The van der Waals surface area contributed by atoms with Gasteiger partial charge in [-0.05, 0) is 25.5 Å². The predicted octanol–water partition coefficient (Wildman–Crippen LogP) is 7.15. The lowest BCUT2D eigenvalue weighted by atomic mass is 10.1. The molecule has 0 saturated heterocycles. The van der Waals surface area contributed by atoms with Gasteiger partial charge in [0.15, 0.2) is 0 Å². The second kappa shape index (κ2) is 15.1. The van der Waals surface area contributed by atoms with Gasteiger partial charge < -0.3 is 9.84 Å². The maximum absolute atomic E-state index is 11.2. The molecule has 3 nitrogen and oxygen atoms in total. The second-order valence-electron chi connectivity index (χ2n) is 6.89. The van der Waals surface area contributed by atoms with E-state index in [1.807, 2.05) is 19.1 Å². The van der Waals surface area contributed by atoms with Gasteiger partial charge in [0, 0.05) is 11.5 Å². The number of aromatic carboxylic acids is 1. The van der Waals surface area contributed by atoms with Crippen molar-refractivity contribution in [2.45, 2.75) is 94.8 Å². The third-order valence-electron chi connectivity index (χ3n) is 4.51. The zero-order valence-corrected chi connectivity index (χ0v) is 17.4. The predicted molar refractivity (Wildman–Crippen MR) is 111 cm³/mol. The molecule has 1 aromatic rings. The van der Waals surface area contributed by atoms with Crippen LogP contribution in [-0.2, 0) is 4.74 Å². The van der Waals surface area contributed by atoms with Gasteiger partial charge in [-0.3, -0.25) is 0 Å². The van der Waals surface area contributed by atoms with Gasteiger partial charge in [-0.1, -0.05) is 95.0 Å². The molecule has 4 heteroatoms. The Labute approximate surface area is 163 Å². The first-order valence-electron chi connectivity index (χ1n) is 10.3. The summed E-state index contributed by atoms with van der Waals surface area (Å²) < 4.78 is 5.83. The SMILES string of the molecule is CCCCCCCCCCCCCOC(C)Sc1ccccc1C(=O)O. The van der Waals surface area contributed by atoms with E-state index in [0.717, 1.165) is 17.9 Å². The van der Waals surface area contributed by atoms with Crippen molar-refractivity contribution in [3.63, 3.8) is 0 Å². The van der Waals surface area contributed by atoms with Gasteiger partial charge in [0.1, 0.15) is 5.44 Å². The van der Waals surface area contributed by atoms with Gasteiger partial charge in [-0.2, -0.15) is 0 Å². The molecular formula is C22H36O3S. The minimum absolute atomic E-state index is 0.0291. The lowest BCUT2D eigenvalue weighted by molar-refractivity contribution is 0.0693. The van der Waals surface area contributed by atoms with Crippen LogP contribution in [0.5, 0.6) is 0 Å². The number of ether oxygens (including phenoxy) is 1. The fraction of sp³-hybridized carbons (Fsp3) is 0.682. The number of rotatable bonds is 16. The van der Waals surface area contributed by atoms with Crippen LogP contribution < -0.4 is 0 Å². The summed E-state index contributed by atoms with van der Waals surface area (Å²) in [5.74, 6) is -0.884. The number of benzene rings is 1. The Kier molecular flexibility index (Phi) is 13.4. The molecule has 0 aromatic heterocycles. The molecule has 1 unspecified atom stereocenters. The standard InChI is InChI=1S/C22H36O3S/c1-3-4-5-6-7-8-9-10-11-12-15-18-25-19(2)26-21-17-14-13-16-20(21)22(23)24/h13-14,16-17,19H,3-12,15,18H2,1-2H3,(H,23,24). The quantitative estimate of drug-likeness (QED) is 0.188. The largest absolute Gasteiger partial charge is 0.478 e. The molecule has 0 fully saturated rings. The summed E-state index contributed by atoms with van der Waals surface area (Å²) >= 11 is 1.48. The van der Waals surface area contributed by atoms with Crippen LogP contribution in [0.15, 0.2) is 29.2 Å². The molecule has 1 aromatic carbocycles. The monoisotopic (exact) mass is 380 g/mol. The molecule has 0 radical (unpaired) electrons. The molecule has 0 saturated carbocycles. The first-order chi connectivity index (χ1) is 12.6. The Bertz CT molecular complexity index is 490. The summed E-state index contributed by atoms with van der Waals surface area (Å²) in [6, 6.07) is 7.10. The van der Waals surface area contributed by atoms with Crippen LogP contribution in [0.2, 0.25) is 0 Å². The molecule has 148 valence electrons. The average molecular weight is 381 g/mol. The van der Waals surface area contributed by atoms with Crippen LogP contribution in [0, 0.1) is 0 Å². The van der Waals surface area contributed by atoms with E-state index < -0.39 is 5.97 Å². The Balaban J connectivity index is 2.00. The molecule has 0 bridgehead atoms. The normalized spacial score (nSPS) is 12.2. The highest BCUT2D eigenvalue weighted by atomic mass is 32.2. The number of carbonyl (C=O) groups is 1. The maximum atomic E-state index is 11.2. The summed E-state index contributed by atoms with van der Waals surface area (Å²) in [5.41, 5.74) is 0.321. The van der Waals surface area contributed by atoms with Gasteiger partial charge in [0.05, 0.1) is 5.56 Å². The van der Waals surface area contributed by atoms with E-state index in [4.69, 9.17) is 4.74 Å². The highest BCUT2D eigenvalue weighted by Crippen LogP contribution is 2.27. The number of hydrogen-bond donors (Lipinski definition) is 1. The number of hydrogen-bond acceptors (Lipinski definition) is 3. The third kappa shape index (κ3) is 10.9. The molecule has 0 aliphatic carbocycles. The van der Waals surface area contributed by atoms with Crippen molar-refractivity contribution >= 4 is 17.7 Å². The van der Waals surface area contributed by atoms with Crippen LogP contribution in [0.3, 0.4) is 0 Å². The molecule has 0 amide bonds. The third-order valence-corrected chi connectivity index (χ3v) is 5.59. The van der Waals surface area contributed by atoms with Gasteiger partial charge in [0.2, 0.25) is 0 Å². The van der Waals surface area contributed by atoms with Crippen molar-refractivity contribution in [3.8, 4) is 0 Å². The summed E-state index contributed by atoms with van der Waals surface area (Å²) in [7, 11) is 0. The first-order valence-corrected chi connectivity index (χ1v) is 11.1. The molecule has 0 spiro atoms. The number of carboxylic acids is 1. The molecule has 26 heavy (non-hydrogen) atoms. The minimum atomic E-state index is -0.884. The number of thioether (sulfide) groups is 1. The summed E-state index contributed by atoms with van der Waals surface area (Å²) in [6.45, 7) is 5.00. The van der Waals surface area contributed by atoms with E-state index in [0.29, 0.717) is 5.56 Å². The van der Waals surface area contributed by atoms with Crippen molar-refractivity contribution in [3.05, 3.63) is 29.8 Å². The minimum Gasteiger partial charge on any atom is -0.478 e. The molecule has 0 aliphatic rings. The van der Waals surface area contributed by atoms with Crippen molar-refractivity contribution < 1.29 is 14.6 Å². The molecule has 0 aliphatic heterocycles. The summed E-state index contributed by atoms with van der Waals surface area (Å²) in [4.78, 5) is 12.0. The molecule has 1 N–H and O–H groups in total. The highest BCUT2D eigenvalue weighted by Gasteiger charge is 2.12. The van der Waals surface area contributed by atoms with E-state index in [2.05, 4.69) is 6.92 Å². The van der Waals surface area contributed by atoms with E-state index in [9.17, 15) is 9.90 Å². The van der Waals surface area contributed by atoms with Gasteiger partial charge in [0.25, 0.3) is 0 Å². The first kappa shape index (κ1) is 23.0. The smallest absolute Gasteiger partial charge is 0.336 e.